The largest absolute Gasteiger partial charge is 0.339 e. The van der Waals surface area contributed by atoms with Crippen LogP contribution in [-0.2, 0) is 16.0 Å². The maximum atomic E-state index is 12.8. The monoisotopic (exact) mass is 379 g/mol. The fraction of sp³-hybridized carbons (Fsp3) is 0.318. The molecular formula is C22H25N3O3. The average Bonchev–Trinajstić information content (AvgIpc) is 2.69. The van der Waals surface area contributed by atoms with Crippen molar-refractivity contribution < 1.29 is 14.4 Å². The van der Waals surface area contributed by atoms with Gasteiger partial charge in [-0.15, -0.1) is 0 Å². The van der Waals surface area contributed by atoms with Crippen LogP contribution in [0.15, 0.2) is 48.5 Å². The summed E-state index contributed by atoms with van der Waals surface area (Å²) in [6.45, 7) is 2.98. The zero-order valence-corrected chi connectivity index (χ0v) is 16.0. The van der Waals surface area contributed by atoms with E-state index in [9.17, 15) is 14.4 Å². The second kappa shape index (κ2) is 9.17. The van der Waals surface area contributed by atoms with Gasteiger partial charge in [0, 0.05) is 25.7 Å². The molecule has 6 heteroatoms. The minimum absolute atomic E-state index is 0.0322. The van der Waals surface area contributed by atoms with Crippen LogP contribution in [0, 0.1) is 0 Å². The first kappa shape index (κ1) is 19.6. The van der Waals surface area contributed by atoms with Gasteiger partial charge in [-0.25, -0.2) is 0 Å². The Morgan fingerprint density at radius 1 is 0.893 bits per heavy atom. The van der Waals surface area contributed by atoms with Crippen molar-refractivity contribution in [2.75, 3.05) is 23.7 Å². The molecule has 3 amide bonds. The van der Waals surface area contributed by atoms with Crippen LogP contribution in [0.5, 0.6) is 0 Å². The van der Waals surface area contributed by atoms with Gasteiger partial charge in [-0.05, 0) is 49.1 Å². The van der Waals surface area contributed by atoms with Crippen molar-refractivity contribution in [2.24, 2.45) is 0 Å². The van der Waals surface area contributed by atoms with E-state index >= 15 is 0 Å². The minimum Gasteiger partial charge on any atom is -0.339 e. The third-order valence-electron chi connectivity index (χ3n) is 4.71. The highest BCUT2D eigenvalue weighted by atomic mass is 16.2. The van der Waals surface area contributed by atoms with Gasteiger partial charge in [-0.3, -0.25) is 14.4 Å². The first-order valence-corrected chi connectivity index (χ1v) is 9.57. The number of nitrogens with one attached hydrogen (secondary N) is 2. The number of hydrogen-bond acceptors (Lipinski definition) is 3. The number of hydrogen-bond donors (Lipinski definition) is 2. The normalized spacial score (nSPS) is 13.7. The molecule has 0 aromatic heterocycles. The molecule has 3 rings (SSSR count). The summed E-state index contributed by atoms with van der Waals surface area (Å²) < 4.78 is 0. The molecular weight excluding hydrogens is 354 g/mol. The summed E-state index contributed by atoms with van der Waals surface area (Å²) >= 11 is 0. The Bertz CT molecular complexity index is 856. The van der Waals surface area contributed by atoms with Crippen LogP contribution in [0.3, 0.4) is 0 Å². The maximum absolute atomic E-state index is 12.8. The number of anilines is 2. The molecule has 0 aliphatic carbocycles. The second-order valence-corrected chi connectivity index (χ2v) is 7.00. The van der Waals surface area contributed by atoms with E-state index in [4.69, 9.17) is 0 Å². The van der Waals surface area contributed by atoms with Gasteiger partial charge in [0.15, 0.2) is 0 Å². The molecule has 0 bridgehead atoms. The van der Waals surface area contributed by atoms with Gasteiger partial charge in [0.05, 0.1) is 17.7 Å². The van der Waals surface area contributed by atoms with E-state index in [1.165, 1.54) is 6.92 Å². The molecule has 0 spiro atoms. The van der Waals surface area contributed by atoms with Gasteiger partial charge in [-0.2, -0.15) is 0 Å². The van der Waals surface area contributed by atoms with Gasteiger partial charge >= 0.3 is 0 Å². The first-order valence-electron chi connectivity index (χ1n) is 9.57. The number of carbonyl (C=O) groups excluding carboxylic acids is 3. The Kier molecular flexibility index (Phi) is 6.42. The molecule has 146 valence electrons. The van der Waals surface area contributed by atoms with Crippen LogP contribution in [-0.4, -0.2) is 35.7 Å². The maximum Gasteiger partial charge on any atom is 0.255 e. The van der Waals surface area contributed by atoms with Crippen molar-refractivity contribution in [1.29, 1.82) is 0 Å². The summed E-state index contributed by atoms with van der Waals surface area (Å²) in [6.07, 6.45) is 3.39. The Balaban J connectivity index is 1.65. The van der Waals surface area contributed by atoms with E-state index in [2.05, 4.69) is 10.6 Å². The quantitative estimate of drug-likeness (QED) is 0.835. The third-order valence-corrected chi connectivity index (χ3v) is 4.71. The third kappa shape index (κ3) is 5.19. The molecule has 1 saturated heterocycles. The minimum atomic E-state index is -0.189. The van der Waals surface area contributed by atoms with Crippen LogP contribution in [0.4, 0.5) is 11.4 Å². The lowest BCUT2D eigenvalue weighted by Crippen LogP contribution is -2.36. The summed E-state index contributed by atoms with van der Waals surface area (Å²) in [5.41, 5.74) is 2.58. The number of benzene rings is 2. The molecule has 1 aliphatic heterocycles. The summed E-state index contributed by atoms with van der Waals surface area (Å²) in [5, 5.41) is 5.56. The SMILES string of the molecule is CC(=O)Nc1ccc(CC(=O)Nc2ccccc2C(=O)N2CCCCC2)cc1. The molecule has 2 N–H and O–H groups in total. The smallest absolute Gasteiger partial charge is 0.255 e. The number of rotatable bonds is 5. The first-order chi connectivity index (χ1) is 13.5. The van der Waals surface area contributed by atoms with E-state index in [0.717, 1.165) is 37.9 Å². The molecule has 1 heterocycles. The number of piperidine rings is 1. The number of likely N-dealkylation sites (tertiary alicyclic amines) is 1. The van der Waals surface area contributed by atoms with Crippen LogP contribution in [0.2, 0.25) is 0 Å². The van der Waals surface area contributed by atoms with E-state index in [1.807, 2.05) is 17.0 Å². The van der Waals surface area contributed by atoms with Crippen LogP contribution < -0.4 is 10.6 Å². The van der Waals surface area contributed by atoms with Crippen molar-refractivity contribution in [3.8, 4) is 0 Å². The molecule has 1 fully saturated rings. The number of amides is 3. The van der Waals surface area contributed by atoms with Crippen molar-refractivity contribution in [1.82, 2.24) is 4.90 Å². The van der Waals surface area contributed by atoms with Gasteiger partial charge in [-0.1, -0.05) is 24.3 Å². The van der Waals surface area contributed by atoms with E-state index in [-0.39, 0.29) is 24.1 Å². The molecule has 0 radical (unpaired) electrons. The highest BCUT2D eigenvalue weighted by Gasteiger charge is 2.21. The average molecular weight is 379 g/mol. The Labute approximate surface area is 164 Å². The van der Waals surface area contributed by atoms with Crippen molar-refractivity contribution in [3.63, 3.8) is 0 Å². The highest BCUT2D eigenvalue weighted by Crippen LogP contribution is 2.20. The fourth-order valence-corrected chi connectivity index (χ4v) is 3.33. The van der Waals surface area contributed by atoms with Crippen LogP contribution in [0.1, 0.15) is 42.1 Å². The lowest BCUT2D eigenvalue weighted by atomic mass is 10.1. The van der Waals surface area contributed by atoms with Crippen molar-refractivity contribution >= 4 is 29.1 Å². The molecule has 2 aromatic rings. The van der Waals surface area contributed by atoms with Gasteiger partial charge in [0.1, 0.15) is 0 Å². The summed E-state index contributed by atoms with van der Waals surface area (Å²) in [7, 11) is 0. The summed E-state index contributed by atoms with van der Waals surface area (Å²) in [6, 6.07) is 14.3. The lowest BCUT2D eigenvalue weighted by Gasteiger charge is -2.27. The van der Waals surface area contributed by atoms with E-state index < -0.39 is 0 Å². The zero-order chi connectivity index (χ0) is 19.9. The Hall–Kier alpha value is -3.15. The molecule has 28 heavy (non-hydrogen) atoms. The summed E-state index contributed by atoms with van der Waals surface area (Å²) in [5.74, 6) is -0.359. The molecule has 1 aliphatic rings. The Morgan fingerprint density at radius 3 is 2.25 bits per heavy atom. The van der Waals surface area contributed by atoms with Crippen LogP contribution in [0.25, 0.3) is 0 Å². The van der Waals surface area contributed by atoms with Gasteiger partial charge in [0.25, 0.3) is 5.91 Å². The standard InChI is InChI=1S/C22H25N3O3/c1-16(26)23-18-11-9-17(10-12-18)15-21(27)24-20-8-4-3-7-19(20)22(28)25-13-5-2-6-14-25/h3-4,7-12H,2,5-6,13-15H2,1H3,(H,23,26)(H,24,27). The second-order valence-electron chi connectivity index (χ2n) is 7.00. The molecule has 6 nitrogen and oxygen atoms in total. The zero-order valence-electron chi connectivity index (χ0n) is 16.0. The van der Waals surface area contributed by atoms with E-state index in [1.54, 1.807) is 36.4 Å². The van der Waals surface area contributed by atoms with Gasteiger partial charge in [0.2, 0.25) is 11.8 Å². The molecule has 0 atom stereocenters. The van der Waals surface area contributed by atoms with E-state index in [0.29, 0.717) is 16.9 Å². The number of nitrogens with zero attached hydrogens (tertiary/aromatic N) is 1. The predicted molar refractivity (Wildman–Crippen MR) is 109 cm³/mol. The molecule has 0 saturated carbocycles. The summed E-state index contributed by atoms with van der Waals surface area (Å²) in [4.78, 5) is 38.2. The Morgan fingerprint density at radius 2 is 1.57 bits per heavy atom. The number of carbonyl (C=O) groups is 3. The highest BCUT2D eigenvalue weighted by molar-refractivity contribution is 6.04. The van der Waals surface area contributed by atoms with Gasteiger partial charge < -0.3 is 15.5 Å². The fourth-order valence-electron chi connectivity index (χ4n) is 3.33. The topological polar surface area (TPSA) is 78.5 Å². The number of para-hydroxylation sites is 1. The molecule has 2 aromatic carbocycles. The lowest BCUT2D eigenvalue weighted by molar-refractivity contribution is -0.116. The van der Waals surface area contributed by atoms with Crippen molar-refractivity contribution in [3.05, 3.63) is 59.7 Å². The molecule has 0 unspecified atom stereocenters. The van der Waals surface area contributed by atoms with Crippen molar-refractivity contribution in [2.45, 2.75) is 32.6 Å². The predicted octanol–water partition coefficient (Wildman–Crippen LogP) is 3.45. The van der Waals surface area contributed by atoms with Crippen LogP contribution >= 0.6 is 0 Å².